The van der Waals surface area contributed by atoms with Crippen molar-refractivity contribution >= 4 is 57.1 Å². The van der Waals surface area contributed by atoms with Crippen LogP contribution in [-0.2, 0) is 11.2 Å². The van der Waals surface area contributed by atoms with Gasteiger partial charge in [0.1, 0.15) is 5.69 Å². The van der Waals surface area contributed by atoms with Crippen molar-refractivity contribution in [1.82, 2.24) is 19.8 Å². The Morgan fingerprint density at radius 2 is 1.83 bits per heavy atom. The largest absolute Gasteiger partial charge is 0.465 e. The van der Waals surface area contributed by atoms with Gasteiger partial charge in [-0.15, -0.1) is 11.6 Å². The van der Waals surface area contributed by atoms with Crippen molar-refractivity contribution in [3.63, 3.8) is 0 Å². The van der Waals surface area contributed by atoms with Crippen LogP contribution in [0.3, 0.4) is 0 Å². The predicted molar refractivity (Wildman–Crippen MR) is 162 cm³/mol. The highest BCUT2D eigenvalue weighted by molar-refractivity contribution is 6.20. The highest BCUT2D eigenvalue weighted by Gasteiger charge is 2.38. The predicted octanol–water partition coefficient (Wildman–Crippen LogP) is 5.04. The number of piperazine rings is 1. The van der Waals surface area contributed by atoms with Crippen LogP contribution in [0.25, 0.3) is 21.8 Å². The quantitative estimate of drug-likeness (QED) is 0.249. The third-order valence-corrected chi connectivity index (χ3v) is 8.83. The second-order valence-electron chi connectivity index (χ2n) is 11.1. The van der Waals surface area contributed by atoms with Crippen LogP contribution in [0.1, 0.15) is 50.5 Å². The lowest BCUT2D eigenvalue weighted by molar-refractivity contribution is 0.0602. The van der Waals surface area contributed by atoms with E-state index < -0.39 is 12.1 Å². The number of ether oxygens (including phenoxy) is 2. The fourth-order valence-electron chi connectivity index (χ4n) is 6.09. The van der Waals surface area contributed by atoms with E-state index in [2.05, 4.69) is 27.9 Å². The van der Waals surface area contributed by atoms with Crippen molar-refractivity contribution in [2.75, 3.05) is 57.7 Å². The molecule has 6 rings (SSSR count). The van der Waals surface area contributed by atoms with E-state index in [1.807, 2.05) is 25.2 Å². The second-order valence-corrected chi connectivity index (χ2v) is 11.4. The zero-order valence-corrected chi connectivity index (χ0v) is 24.9. The number of esters is 1. The average molecular weight is 592 g/mol. The fourth-order valence-corrected chi connectivity index (χ4v) is 6.35. The summed E-state index contributed by atoms with van der Waals surface area (Å²) in [4.78, 5) is 52.3. The molecule has 0 saturated carbocycles. The molecule has 11 heteroatoms. The maximum Gasteiger partial charge on any atom is 0.415 e. The Hall–Kier alpha value is -4.02. The standard InChI is InChI=1S/C31H34ClN5O5/c1-5-18-6-7-21-19(12-18)13-22(34-21)29(38)37-16-20(15-32)26-23(37)14-24(42-31(40)36-10-8-35(3)9-11-36)28-27(26)25(17(2)33-28)30(39)41-4/h6-7,12-14,20,33-34H,5,8-11,15-16H2,1-4H3/t20-/m1/s1. The summed E-state index contributed by atoms with van der Waals surface area (Å²) in [5.41, 5.74) is 5.20. The van der Waals surface area contributed by atoms with Gasteiger partial charge in [-0.2, -0.15) is 0 Å². The first-order valence-corrected chi connectivity index (χ1v) is 14.7. The number of carbonyl (C=O) groups is 3. The van der Waals surface area contributed by atoms with Crippen LogP contribution in [0.15, 0.2) is 30.3 Å². The van der Waals surface area contributed by atoms with Crippen LogP contribution in [-0.4, -0.2) is 90.5 Å². The SMILES string of the molecule is CCc1ccc2[nH]c(C(=O)N3C[C@@H](CCl)c4c3cc(OC(=O)N3CCN(C)CC3)c3[nH]c(C)c(C(=O)OC)c43)cc2c1. The molecule has 1 atom stereocenters. The van der Waals surface area contributed by atoms with Crippen LogP contribution in [0, 0.1) is 6.92 Å². The van der Waals surface area contributed by atoms with E-state index in [1.54, 1.807) is 22.8 Å². The van der Waals surface area contributed by atoms with E-state index in [0.29, 0.717) is 53.2 Å². The molecule has 2 N–H and O–H groups in total. The molecule has 2 aromatic heterocycles. The van der Waals surface area contributed by atoms with Crippen LogP contribution >= 0.6 is 11.6 Å². The number of benzene rings is 2. The lowest BCUT2D eigenvalue weighted by Gasteiger charge is -2.31. The number of fused-ring (bicyclic) bond motifs is 4. The number of anilines is 1. The van der Waals surface area contributed by atoms with Crippen LogP contribution in [0.4, 0.5) is 10.5 Å². The van der Waals surface area contributed by atoms with E-state index in [1.165, 1.54) is 12.7 Å². The summed E-state index contributed by atoms with van der Waals surface area (Å²) in [5, 5.41) is 1.51. The van der Waals surface area contributed by atoms with Gasteiger partial charge < -0.3 is 34.1 Å². The number of rotatable bonds is 5. The number of aromatic amines is 2. The van der Waals surface area contributed by atoms with Crippen molar-refractivity contribution in [2.24, 2.45) is 0 Å². The number of halogens is 1. The zero-order valence-electron chi connectivity index (χ0n) is 24.2. The van der Waals surface area contributed by atoms with Crippen molar-refractivity contribution in [3.05, 3.63) is 58.4 Å². The van der Waals surface area contributed by atoms with Gasteiger partial charge in [0.05, 0.1) is 23.9 Å². The molecule has 2 aromatic carbocycles. The Balaban J connectivity index is 1.48. The smallest absolute Gasteiger partial charge is 0.415 e. The number of hydrogen-bond acceptors (Lipinski definition) is 6. The van der Waals surface area contributed by atoms with Crippen molar-refractivity contribution in [1.29, 1.82) is 0 Å². The number of likely N-dealkylation sites (N-methyl/N-ethyl adjacent to an activating group) is 1. The Kier molecular flexibility index (Phi) is 7.36. The number of methoxy groups -OCH3 is 1. The lowest BCUT2D eigenvalue weighted by atomic mass is 9.95. The van der Waals surface area contributed by atoms with E-state index in [9.17, 15) is 14.4 Å². The maximum absolute atomic E-state index is 14.1. The van der Waals surface area contributed by atoms with Crippen molar-refractivity contribution < 1.29 is 23.9 Å². The first kappa shape index (κ1) is 28.1. The number of nitrogens with zero attached hydrogens (tertiary/aromatic N) is 3. The fraction of sp³-hybridized carbons (Fsp3) is 0.387. The molecule has 0 spiro atoms. The molecular weight excluding hydrogens is 558 g/mol. The van der Waals surface area contributed by atoms with E-state index in [0.717, 1.165) is 36.0 Å². The summed E-state index contributed by atoms with van der Waals surface area (Å²) in [6, 6.07) is 9.67. The van der Waals surface area contributed by atoms with Gasteiger partial charge in [0.25, 0.3) is 5.91 Å². The molecule has 0 radical (unpaired) electrons. The number of amides is 2. The number of aryl methyl sites for hydroxylation is 2. The number of nitrogens with one attached hydrogen (secondary N) is 2. The van der Waals surface area contributed by atoms with Crippen LogP contribution in [0.5, 0.6) is 5.75 Å². The molecule has 0 aliphatic carbocycles. The van der Waals surface area contributed by atoms with Crippen LogP contribution in [0.2, 0.25) is 0 Å². The van der Waals surface area contributed by atoms with Gasteiger partial charge in [-0.05, 0) is 49.7 Å². The molecule has 2 aliphatic heterocycles. The normalized spacial score (nSPS) is 17.2. The molecule has 220 valence electrons. The summed E-state index contributed by atoms with van der Waals surface area (Å²) in [7, 11) is 3.34. The van der Waals surface area contributed by atoms with Crippen molar-refractivity contribution in [2.45, 2.75) is 26.2 Å². The zero-order chi connectivity index (χ0) is 29.7. The Bertz CT molecular complexity index is 1720. The number of hydrogen-bond donors (Lipinski definition) is 2. The molecule has 1 fully saturated rings. The third kappa shape index (κ3) is 4.68. The van der Waals surface area contributed by atoms with Crippen LogP contribution < -0.4 is 9.64 Å². The molecule has 42 heavy (non-hydrogen) atoms. The van der Waals surface area contributed by atoms with E-state index >= 15 is 0 Å². The molecule has 1 saturated heterocycles. The number of aromatic nitrogens is 2. The number of carbonyl (C=O) groups excluding carboxylic acids is 3. The highest BCUT2D eigenvalue weighted by atomic mass is 35.5. The second kappa shape index (κ2) is 11.0. The maximum atomic E-state index is 14.1. The molecule has 10 nitrogen and oxygen atoms in total. The molecule has 0 unspecified atom stereocenters. The lowest BCUT2D eigenvalue weighted by Crippen LogP contribution is -2.48. The summed E-state index contributed by atoms with van der Waals surface area (Å²) >= 11 is 6.49. The summed E-state index contributed by atoms with van der Waals surface area (Å²) in [5.74, 6) is -0.554. The molecule has 4 heterocycles. The number of H-pyrrole nitrogens is 2. The minimum atomic E-state index is -0.524. The van der Waals surface area contributed by atoms with Gasteiger partial charge in [0.2, 0.25) is 0 Å². The van der Waals surface area contributed by atoms with E-state index in [4.69, 9.17) is 21.1 Å². The number of alkyl halides is 1. The Morgan fingerprint density at radius 3 is 2.52 bits per heavy atom. The molecular formula is C31H34ClN5O5. The Labute approximate surface area is 248 Å². The first-order chi connectivity index (χ1) is 20.2. The minimum absolute atomic E-state index is 0.226. The monoisotopic (exact) mass is 591 g/mol. The summed E-state index contributed by atoms with van der Waals surface area (Å²) < 4.78 is 11.1. The molecule has 4 aromatic rings. The molecule has 2 aliphatic rings. The first-order valence-electron chi connectivity index (χ1n) is 14.2. The average Bonchev–Trinajstić information content (AvgIpc) is 3.69. The van der Waals surface area contributed by atoms with Crippen molar-refractivity contribution in [3.8, 4) is 5.75 Å². The summed E-state index contributed by atoms with van der Waals surface area (Å²) in [6.45, 7) is 6.74. The summed E-state index contributed by atoms with van der Waals surface area (Å²) in [6.07, 6.45) is 0.411. The van der Waals surface area contributed by atoms with Gasteiger partial charge >= 0.3 is 12.1 Å². The van der Waals surface area contributed by atoms with Gasteiger partial charge in [-0.25, -0.2) is 9.59 Å². The third-order valence-electron chi connectivity index (χ3n) is 8.45. The van der Waals surface area contributed by atoms with Gasteiger partial charge in [-0.1, -0.05) is 13.0 Å². The highest BCUT2D eigenvalue weighted by Crippen LogP contribution is 2.48. The molecule has 2 amide bonds. The topological polar surface area (TPSA) is 111 Å². The van der Waals surface area contributed by atoms with Gasteiger partial charge in [-0.3, -0.25) is 4.79 Å². The minimum Gasteiger partial charge on any atom is -0.465 e. The van der Waals surface area contributed by atoms with Gasteiger partial charge in [0, 0.05) is 72.6 Å². The van der Waals surface area contributed by atoms with E-state index in [-0.39, 0.29) is 23.5 Å². The Morgan fingerprint density at radius 1 is 1.07 bits per heavy atom. The molecule has 0 bridgehead atoms. The van der Waals surface area contributed by atoms with Gasteiger partial charge in [0.15, 0.2) is 5.75 Å².